The summed E-state index contributed by atoms with van der Waals surface area (Å²) in [5.41, 5.74) is 1.67. The van der Waals surface area contributed by atoms with Crippen LogP contribution in [-0.2, 0) is 23.3 Å². The summed E-state index contributed by atoms with van der Waals surface area (Å²) in [5, 5.41) is 7.69. The molecule has 2 aromatic rings. The Bertz CT molecular complexity index is 643. The third-order valence-electron chi connectivity index (χ3n) is 3.20. The average Bonchev–Trinajstić information content (AvgIpc) is 2.84. The Morgan fingerprint density at radius 2 is 2.00 bits per heavy atom. The first-order valence-electron chi connectivity index (χ1n) is 7.95. The second-order valence-electron chi connectivity index (χ2n) is 7.22. The van der Waals surface area contributed by atoms with Crippen LogP contribution in [0.4, 0.5) is 11.5 Å². The van der Waals surface area contributed by atoms with Gasteiger partial charge in [0, 0.05) is 31.3 Å². The van der Waals surface area contributed by atoms with Crippen molar-refractivity contribution in [1.82, 2.24) is 19.7 Å². The van der Waals surface area contributed by atoms with Gasteiger partial charge in [-0.2, -0.15) is 5.10 Å². The van der Waals surface area contributed by atoms with Crippen LogP contribution in [0.2, 0.25) is 0 Å². The van der Waals surface area contributed by atoms with Crippen LogP contribution in [0.15, 0.2) is 18.5 Å². The van der Waals surface area contributed by atoms with Gasteiger partial charge < -0.3 is 10.1 Å². The highest BCUT2D eigenvalue weighted by Gasteiger charge is 2.19. The quantitative estimate of drug-likeness (QED) is 0.883. The van der Waals surface area contributed by atoms with Gasteiger partial charge in [-0.25, -0.2) is 9.97 Å². The SMILES string of the molecule is COCc1cc(Nc2cnn(CC(C)C)c2)nc(C(C)(C)C)n1. The van der Waals surface area contributed by atoms with E-state index in [1.165, 1.54) is 0 Å². The summed E-state index contributed by atoms with van der Waals surface area (Å²) >= 11 is 0. The standard InChI is InChI=1S/C17H27N5O/c1-12(2)9-22-10-14(8-18-22)19-15-7-13(11-23-6)20-16(21-15)17(3,4)5/h7-8,10,12H,9,11H2,1-6H3,(H,19,20,21). The van der Waals surface area contributed by atoms with Crippen LogP contribution in [0.25, 0.3) is 0 Å². The van der Waals surface area contributed by atoms with Gasteiger partial charge in [0.15, 0.2) is 0 Å². The molecule has 23 heavy (non-hydrogen) atoms. The van der Waals surface area contributed by atoms with E-state index in [1.54, 1.807) is 7.11 Å². The van der Waals surface area contributed by atoms with Crippen LogP contribution in [-0.4, -0.2) is 26.9 Å². The molecule has 126 valence electrons. The average molecular weight is 317 g/mol. The first kappa shape index (κ1) is 17.4. The zero-order valence-electron chi connectivity index (χ0n) is 14.9. The number of rotatable bonds is 6. The summed E-state index contributed by atoms with van der Waals surface area (Å²) in [6, 6.07) is 1.92. The number of nitrogens with one attached hydrogen (secondary N) is 1. The van der Waals surface area contributed by atoms with Crippen molar-refractivity contribution in [2.45, 2.75) is 53.2 Å². The van der Waals surface area contributed by atoms with E-state index in [9.17, 15) is 0 Å². The van der Waals surface area contributed by atoms with Gasteiger partial charge >= 0.3 is 0 Å². The monoisotopic (exact) mass is 317 g/mol. The number of hydrogen-bond donors (Lipinski definition) is 1. The minimum absolute atomic E-state index is 0.123. The number of anilines is 2. The van der Waals surface area contributed by atoms with E-state index in [0.29, 0.717) is 12.5 Å². The molecule has 0 radical (unpaired) electrons. The molecule has 0 aliphatic heterocycles. The van der Waals surface area contributed by atoms with Crippen molar-refractivity contribution in [1.29, 1.82) is 0 Å². The molecule has 6 heteroatoms. The zero-order valence-corrected chi connectivity index (χ0v) is 14.9. The van der Waals surface area contributed by atoms with Crippen LogP contribution in [0.3, 0.4) is 0 Å². The van der Waals surface area contributed by atoms with Gasteiger partial charge in [-0.1, -0.05) is 34.6 Å². The third-order valence-corrected chi connectivity index (χ3v) is 3.20. The summed E-state index contributed by atoms with van der Waals surface area (Å²) in [7, 11) is 1.67. The summed E-state index contributed by atoms with van der Waals surface area (Å²) in [6.45, 7) is 12.0. The van der Waals surface area contributed by atoms with Gasteiger partial charge in [0.25, 0.3) is 0 Å². The molecular formula is C17H27N5O. The maximum atomic E-state index is 5.21. The van der Waals surface area contributed by atoms with Crippen LogP contribution >= 0.6 is 0 Å². The van der Waals surface area contributed by atoms with E-state index < -0.39 is 0 Å². The highest BCUT2D eigenvalue weighted by atomic mass is 16.5. The molecule has 2 aromatic heterocycles. The van der Waals surface area contributed by atoms with Crippen molar-refractivity contribution in [3.8, 4) is 0 Å². The van der Waals surface area contributed by atoms with Crippen molar-refractivity contribution < 1.29 is 4.74 Å². The van der Waals surface area contributed by atoms with Gasteiger partial charge in [-0.3, -0.25) is 4.68 Å². The first-order valence-corrected chi connectivity index (χ1v) is 7.95. The van der Waals surface area contributed by atoms with Gasteiger partial charge in [-0.05, 0) is 5.92 Å². The highest BCUT2D eigenvalue weighted by molar-refractivity contribution is 5.54. The molecule has 0 atom stereocenters. The highest BCUT2D eigenvalue weighted by Crippen LogP contribution is 2.22. The largest absolute Gasteiger partial charge is 0.378 e. The van der Waals surface area contributed by atoms with Crippen molar-refractivity contribution >= 4 is 11.5 Å². The summed E-state index contributed by atoms with van der Waals surface area (Å²) < 4.78 is 7.15. The Labute approximate surface area is 138 Å². The molecule has 0 amide bonds. The molecule has 0 aliphatic carbocycles. The molecule has 1 N–H and O–H groups in total. The second kappa shape index (κ2) is 7.08. The van der Waals surface area contributed by atoms with Crippen LogP contribution in [0.5, 0.6) is 0 Å². The van der Waals surface area contributed by atoms with Crippen LogP contribution < -0.4 is 5.32 Å². The molecular weight excluding hydrogens is 290 g/mol. The van der Waals surface area contributed by atoms with E-state index in [-0.39, 0.29) is 5.41 Å². The van der Waals surface area contributed by atoms with E-state index in [4.69, 9.17) is 4.74 Å². The lowest BCUT2D eigenvalue weighted by molar-refractivity contribution is 0.181. The van der Waals surface area contributed by atoms with Crippen molar-refractivity contribution in [2.75, 3.05) is 12.4 Å². The van der Waals surface area contributed by atoms with E-state index in [0.717, 1.165) is 29.6 Å². The fraction of sp³-hybridized carbons (Fsp3) is 0.588. The van der Waals surface area contributed by atoms with E-state index in [1.807, 2.05) is 23.1 Å². The Morgan fingerprint density at radius 3 is 2.61 bits per heavy atom. The molecule has 0 unspecified atom stereocenters. The van der Waals surface area contributed by atoms with Gasteiger partial charge in [0.05, 0.1) is 24.2 Å². The number of nitrogens with zero attached hydrogens (tertiary/aromatic N) is 4. The molecule has 0 aromatic carbocycles. The van der Waals surface area contributed by atoms with E-state index >= 15 is 0 Å². The topological polar surface area (TPSA) is 64.9 Å². The van der Waals surface area contributed by atoms with Gasteiger partial charge in [0.2, 0.25) is 0 Å². The Hall–Kier alpha value is -1.95. The lowest BCUT2D eigenvalue weighted by atomic mass is 9.95. The third kappa shape index (κ3) is 5.03. The van der Waals surface area contributed by atoms with E-state index in [2.05, 4.69) is 55.0 Å². The molecule has 0 saturated heterocycles. The predicted octanol–water partition coefficient (Wildman–Crippen LogP) is 3.52. The summed E-state index contributed by atoms with van der Waals surface area (Å²) in [5.74, 6) is 2.12. The maximum absolute atomic E-state index is 5.21. The predicted molar refractivity (Wildman–Crippen MR) is 91.8 cm³/mol. The van der Waals surface area contributed by atoms with Gasteiger partial charge in [-0.15, -0.1) is 0 Å². The lowest BCUT2D eigenvalue weighted by Gasteiger charge is -2.18. The molecule has 0 fully saturated rings. The minimum atomic E-state index is -0.123. The summed E-state index contributed by atoms with van der Waals surface area (Å²) in [6.07, 6.45) is 3.81. The molecule has 2 rings (SSSR count). The zero-order chi connectivity index (χ0) is 17.0. The van der Waals surface area contributed by atoms with Crippen LogP contribution in [0.1, 0.15) is 46.1 Å². The Kier molecular flexibility index (Phi) is 5.36. The fourth-order valence-electron chi connectivity index (χ4n) is 2.17. The van der Waals surface area contributed by atoms with Gasteiger partial charge in [0.1, 0.15) is 11.6 Å². The Balaban J connectivity index is 2.24. The number of hydrogen-bond acceptors (Lipinski definition) is 5. The second-order valence-corrected chi connectivity index (χ2v) is 7.22. The summed E-state index contributed by atoms with van der Waals surface area (Å²) in [4.78, 5) is 9.22. The Morgan fingerprint density at radius 1 is 1.26 bits per heavy atom. The molecule has 6 nitrogen and oxygen atoms in total. The molecule has 2 heterocycles. The fourth-order valence-corrected chi connectivity index (χ4v) is 2.17. The molecule has 0 aliphatic rings. The number of methoxy groups -OCH3 is 1. The molecule has 0 bridgehead atoms. The number of aromatic nitrogens is 4. The molecule has 0 saturated carbocycles. The normalized spacial score (nSPS) is 12.0. The van der Waals surface area contributed by atoms with Crippen LogP contribution in [0, 0.1) is 5.92 Å². The smallest absolute Gasteiger partial charge is 0.136 e. The van der Waals surface area contributed by atoms with Crippen molar-refractivity contribution in [3.63, 3.8) is 0 Å². The minimum Gasteiger partial charge on any atom is -0.378 e. The maximum Gasteiger partial charge on any atom is 0.136 e. The van der Waals surface area contributed by atoms with Crippen molar-refractivity contribution in [3.05, 3.63) is 30.0 Å². The first-order chi connectivity index (χ1) is 10.8. The molecule has 0 spiro atoms. The number of ether oxygens (including phenoxy) is 1. The lowest BCUT2D eigenvalue weighted by Crippen LogP contribution is -2.18. The van der Waals surface area contributed by atoms with Crippen molar-refractivity contribution in [2.24, 2.45) is 5.92 Å².